The first-order chi connectivity index (χ1) is 11.7. The molecule has 24 heavy (non-hydrogen) atoms. The van der Waals surface area contributed by atoms with Crippen LogP contribution in [0.4, 0.5) is 0 Å². The van der Waals surface area contributed by atoms with E-state index in [0.29, 0.717) is 24.5 Å². The second-order valence-corrected chi connectivity index (χ2v) is 5.99. The van der Waals surface area contributed by atoms with E-state index in [-0.39, 0.29) is 11.9 Å². The molecule has 0 aliphatic carbocycles. The molecule has 3 aromatic rings. The standard InChI is InChI=1S/C18H19ClN4O/c19-16-5-3-15(4-6-16)17(23-9-1-2-10-23)13-18(24)21-8-12-22-11-7-20-14-22/h1-7,9-11,14,17H,8,12-13H2,(H,21,24). The van der Waals surface area contributed by atoms with Gasteiger partial charge in [0.15, 0.2) is 0 Å². The van der Waals surface area contributed by atoms with Crippen molar-refractivity contribution in [1.29, 1.82) is 0 Å². The van der Waals surface area contributed by atoms with Crippen molar-refractivity contribution in [2.75, 3.05) is 6.54 Å². The number of hydrogen-bond donors (Lipinski definition) is 1. The summed E-state index contributed by atoms with van der Waals surface area (Å²) >= 11 is 5.97. The van der Waals surface area contributed by atoms with E-state index in [4.69, 9.17) is 11.6 Å². The first kappa shape index (κ1) is 16.3. The highest BCUT2D eigenvalue weighted by atomic mass is 35.5. The number of carbonyl (C=O) groups is 1. The number of aromatic nitrogens is 3. The minimum absolute atomic E-state index is 0.0174. The highest BCUT2D eigenvalue weighted by Crippen LogP contribution is 2.23. The summed E-state index contributed by atoms with van der Waals surface area (Å²) in [5.41, 5.74) is 1.06. The molecule has 1 unspecified atom stereocenters. The predicted octanol–water partition coefficient (Wildman–Crippen LogP) is 3.13. The lowest BCUT2D eigenvalue weighted by Gasteiger charge is -2.19. The molecule has 0 radical (unpaired) electrons. The van der Waals surface area contributed by atoms with Crippen molar-refractivity contribution in [2.24, 2.45) is 0 Å². The molecule has 0 aliphatic rings. The smallest absolute Gasteiger partial charge is 0.222 e. The highest BCUT2D eigenvalue weighted by molar-refractivity contribution is 6.30. The van der Waals surface area contributed by atoms with E-state index in [9.17, 15) is 4.79 Å². The largest absolute Gasteiger partial charge is 0.354 e. The number of nitrogens with zero attached hydrogens (tertiary/aromatic N) is 3. The van der Waals surface area contributed by atoms with Gasteiger partial charge in [-0.25, -0.2) is 4.98 Å². The van der Waals surface area contributed by atoms with Crippen LogP contribution in [-0.4, -0.2) is 26.6 Å². The van der Waals surface area contributed by atoms with Crippen LogP contribution in [-0.2, 0) is 11.3 Å². The van der Waals surface area contributed by atoms with Crippen molar-refractivity contribution in [3.63, 3.8) is 0 Å². The maximum absolute atomic E-state index is 12.3. The van der Waals surface area contributed by atoms with Crippen molar-refractivity contribution in [2.45, 2.75) is 19.0 Å². The van der Waals surface area contributed by atoms with E-state index >= 15 is 0 Å². The summed E-state index contributed by atoms with van der Waals surface area (Å²) < 4.78 is 3.97. The van der Waals surface area contributed by atoms with Gasteiger partial charge in [0.25, 0.3) is 0 Å². The fraction of sp³-hybridized carbons (Fsp3) is 0.222. The lowest BCUT2D eigenvalue weighted by atomic mass is 10.0. The Morgan fingerprint density at radius 2 is 1.92 bits per heavy atom. The summed E-state index contributed by atoms with van der Waals surface area (Å²) in [6, 6.07) is 11.5. The van der Waals surface area contributed by atoms with Crippen LogP contribution in [0.3, 0.4) is 0 Å². The SMILES string of the molecule is O=C(CC(c1ccc(Cl)cc1)n1cccc1)NCCn1ccnc1. The van der Waals surface area contributed by atoms with Crippen LogP contribution < -0.4 is 5.32 Å². The fourth-order valence-corrected chi connectivity index (χ4v) is 2.75. The molecular weight excluding hydrogens is 324 g/mol. The van der Waals surface area contributed by atoms with Crippen molar-refractivity contribution in [1.82, 2.24) is 19.4 Å². The molecule has 0 spiro atoms. The number of benzene rings is 1. The molecule has 0 fully saturated rings. The lowest BCUT2D eigenvalue weighted by molar-refractivity contribution is -0.121. The van der Waals surface area contributed by atoms with E-state index in [0.717, 1.165) is 5.56 Å². The van der Waals surface area contributed by atoms with Crippen LogP contribution in [0.2, 0.25) is 5.02 Å². The van der Waals surface area contributed by atoms with Gasteiger partial charge in [-0.05, 0) is 29.8 Å². The summed E-state index contributed by atoms with van der Waals surface area (Å²) in [5, 5.41) is 3.66. The Morgan fingerprint density at radius 1 is 1.17 bits per heavy atom. The second kappa shape index (κ2) is 7.84. The third kappa shape index (κ3) is 4.26. The van der Waals surface area contributed by atoms with Crippen LogP contribution in [0.1, 0.15) is 18.0 Å². The Kier molecular flexibility index (Phi) is 5.33. The molecule has 124 valence electrons. The van der Waals surface area contributed by atoms with Gasteiger partial charge >= 0.3 is 0 Å². The van der Waals surface area contributed by atoms with E-state index in [1.54, 1.807) is 12.5 Å². The van der Waals surface area contributed by atoms with Crippen molar-refractivity contribution < 1.29 is 4.79 Å². The Balaban J connectivity index is 1.63. The average Bonchev–Trinajstić information content (AvgIpc) is 3.27. The van der Waals surface area contributed by atoms with Crippen molar-refractivity contribution >= 4 is 17.5 Å². The van der Waals surface area contributed by atoms with Gasteiger partial charge in [-0.15, -0.1) is 0 Å². The molecule has 0 aliphatic heterocycles. The van der Waals surface area contributed by atoms with Gasteiger partial charge in [-0.3, -0.25) is 4.79 Å². The molecule has 1 amide bonds. The number of nitrogens with one attached hydrogen (secondary N) is 1. The summed E-state index contributed by atoms with van der Waals surface area (Å²) in [7, 11) is 0. The maximum Gasteiger partial charge on any atom is 0.222 e. The number of rotatable bonds is 7. The molecule has 1 aromatic carbocycles. The lowest BCUT2D eigenvalue weighted by Crippen LogP contribution is -2.29. The van der Waals surface area contributed by atoms with Crippen LogP contribution in [0, 0.1) is 0 Å². The van der Waals surface area contributed by atoms with Crippen molar-refractivity contribution in [3.8, 4) is 0 Å². The van der Waals surface area contributed by atoms with E-state index in [1.807, 2.05) is 64.1 Å². The summed E-state index contributed by atoms with van der Waals surface area (Å²) in [6.07, 6.45) is 9.66. The highest BCUT2D eigenvalue weighted by Gasteiger charge is 2.17. The molecule has 0 saturated carbocycles. The molecule has 5 nitrogen and oxygen atoms in total. The number of halogens is 1. The number of hydrogen-bond acceptors (Lipinski definition) is 2. The molecule has 1 atom stereocenters. The topological polar surface area (TPSA) is 51.9 Å². The minimum atomic E-state index is -0.0505. The Bertz CT molecular complexity index is 751. The zero-order valence-corrected chi connectivity index (χ0v) is 13.9. The van der Waals surface area contributed by atoms with Crippen LogP contribution in [0.15, 0.2) is 67.5 Å². The quantitative estimate of drug-likeness (QED) is 0.717. The number of carbonyl (C=O) groups excluding carboxylic acids is 1. The normalized spacial score (nSPS) is 12.0. The van der Waals surface area contributed by atoms with Crippen LogP contribution >= 0.6 is 11.6 Å². The molecule has 0 saturated heterocycles. The number of amides is 1. The first-order valence-electron chi connectivity index (χ1n) is 7.83. The third-order valence-electron chi connectivity index (χ3n) is 3.87. The van der Waals surface area contributed by atoms with Gasteiger partial charge in [0, 0.05) is 42.9 Å². The monoisotopic (exact) mass is 342 g/mol. The van der Waals surface area contributed by atoms with Gasteiger partial charge in [-0.2, -0.15) is 0 Å². The molecule has 0 bridgehead atoms. The fourth-order valence-electron chi connectivity index (χ4n) is 2.63. The Morgan fingerprint density at radius 3 is 2.58 bits per heavy atom. The zero-order chi connectivity index (χ0) is 16.8. The van der Waals surface area contributed by atoms with Crippen LogP contribution in [0.25, 0.3) is 0 Å². The third-order valence-corrected chi connectivity index (χ3v) is 4.12. The molecule has 6 heteroatoms. The Hall–Kier alpha value is -2.53. The van der Waals surface area contributed by atoms with Gasteiger partial charge in [0.1, 0.15) is 0 Å². The minimum Gasteiger partial charge on any atom is -0.354 e. The zero-order valence-electron chi connectivity index (χ0n) is 13.2. The van der Waals surface area contributed by atoms with Gasteiger partial charge in [0.05, 0.1) is 18.8 Å². The summed E-state index contributed by atoms with van der Waals surface area (Å²) in [6.45, 7) is 1.29. The molecular formula is C18H19ClN4O. The van der Waals surface area contributed by atoms with Crippen LogP contribution in [0.5, 0.6) is 0 Å². The van der Waals surface area contributed by atoms with E-state index in [1.165, 1.54) is 0 Å². The molecule has 3 rings (SSSR count). The number of imidazole rings is 1. The van der Waals surface area contributed by atoms with E-state index < -0.39 is 0 Å². The van der Waals surface area contributed by atoms with Gasteiger partial charge in [-0.1, -0.05) is 23.7 Å². The first-order valence-corrected chi connectivity index (χ1v) is 8.20. The van der Waals surface area contributed by atoms with Crippen molar-refractivity contribution in [3.05, 3.63) is 78.1 Å². The summed E-state index contributed by atoms with van der Waals surface area (Å²) in [5.74, 6) is 0.0174. The molecule has 1 N–H and O–H groups in total. The average molecular weight is 343 g/mol. The van der Waals surface area contributed by atoms with Gasteiger partial charge < -0.3 is 14.5 Å². The van der Waals surface area contributed by atoms with E-state index in [2.05, 4.69) is 10.3 Å². The predicted molar refractivity (Wildman–Crippen MR) is 93.9 cm³/mol. The maximum atomic E-state index is 12.3. The molecule has 2 aromatic heterocycles. The van der Waals surface area contributed by atoms with Gasteiger partial charge in [0.2, 0.25) is 5.91 Å². The summed E-state index contributed by atoms with van der Waals surface area (Å²) in [4.78, 5) is 16.3. The molecule has 2 heterocycles. The Labute approximate surface area is 145 Å². The second-order valence-electron chi connectivity index (χ2n) is 5.55.